The minimum absolute atomic E-state index is 0.0501. The van der Waals surface area contributed by atoms with Gasteiger partial charge in [-0.15, -0.1) is 0 Å². The van der Waals surface area contributed by atoms with E-state index in [0.717, 1.165) is 19.3 Å². The number of esters is 1. The second kappa shape index (κ2) is 9.80. The first-order chi connectivity index (χ1) is 9.76. The van der Waals surface area contributed by atoms with Crippen molar-refractivity contribution in [3.63, 3.8) is 0 Å². The molecule has 0 aromatic heterocycles. The lowest BCUT2D eigenvalue weighted by atomic mass is 9.76. The van der Waals surface area contributed by atoms with Gasteiger partial charge in [-0.3, -0.25) is 9.59 Å². The highest BCUT2D eigenvalue weighted by Gasteiger charge is 2.40. The van der Waals surface area contributed by atoms with Crippen LogP contribution in [0.4, 0.5) is 0 Å². The van der Waals surface area contributed by atoms with Crippen LogP contribution in [0.1, 0.15) is 79.6 Å². The van der Waals surface area contributed by atoms with Crippen molar-refractivity contribution in [2.24, 2.45) is 11.8 Å². The summed E-state index contributed by atoms with van der Waals surface area (Å²) in [5.41, 5.74) is -0.483. The fourth-order valence-electron chi connectivity index (χ4n) is 2.83. The Kier molecular flexibility index (Phi) is 9.31. The van der Waals surface area contributed by atoms with E-state index in [9.17, 15) is 9.59 Å². The molecule has 124 valence electrons. The van der Waals surface area contributed by atoms with Crippen molar-refractivity contribution in [1.29, 1.82) is 0 Å². The lowest BCUT2D eigenvalue weighted by Gasteiger charge is -2.41. The summed E-state index contributed by atoms with van der Waals surface area (Å²) < 4.78 is 5.79. The fraction of sp³-hybridized carbons (Fsp3) is 0.882. The lowest BCUT2D eigenvalue weighted by Crippen LogP contribution is -2.45. The molecule has 0 saturated heterocycles. The van der Waals surface area contributed by atoms with E-state index in [-0.39, 0.29) is 24.7 Å². The van der Waals surface area contributed by atoms with Crippen molar-refractivity contribution < 1.29 is 19.4 Å². The van der Waals surface area contributed by atoms with Gasteiger partial charge in [0.25, 0.3) is 0 Å². The van der Waals surface area contributed by atoms with E-state index in [2.05, 4.69) is 34.6 Å². The zero-order valence-corrected chi connectivity index (χ0v) is 14.3. The van der Waals surface area contributed by atoms with Gasteiger partial charge in [-0.2, -0.15) is 0 Å². The monoisotopic (exact) mass is 300 g/mol. The third-order valence-electron chi connectivity index (χ3n) is 4.22. The molecule has 0 bridgehead atoms. The van der Waals surface area contributed by atoms with Crippen molar-refractivity contribution in [3.05, 3.63) is 0 Å². The molecular weight excluding hydrogens is 268 g/mol. The average molecular weight is 300 g/mol. The van der Waals surface area contributed by atoms with Crippen molar-refractivity contribution in [1.82, 2.24) is 0 Å². The molecule has 0 aliphatic carbocycles. The van der Waals surface area contributed by atoms with Gasteiger partial charge in [0.05, 0.1) is 12.8 Å². The highest BCUT2D eigenvalue weighted by molar-refractivity contribution is 5.76. The molecule has 0 aromatic carbocycles. The number of ether oxygens (including phenoxy) is 1. The number of carboxylic acid groups (broad SMARTS) is 1. The summed E-state index contributed by atoms with van der Waals surface area (Å²) in [4.78, 5) is 22.5. The van der Waals surface area contributed by atoms with Gasteiger partial charge in [0, 0.05) is 0 Å². The zero-order valence-electron chi connectivity index (χ0n) is 14.3. The maximum atomic E-state index is 12.0. The van der Waals surface area contributed by atoms with Crippen LogP contribution in [0.25, 0.3) is 0 Å². The molecule has 0 spiro atoms. The van der Waals surface area contributed by atoms with Crippen LogP contribution in [-0.4, -0.2) is 22.6 Å². The molecule has 1 N–H and O–H groups in total. The average Bonchev–Trinajstić information content (AvgIpc) is 2.39. The molecule has 0 aliphatic heterocycles. The Morgan fingerprint density at radius 2 is 1.57 bits per heavy atom. The number of aliphatic carboxylic acids is 1. The molecule has 0 unspecified atom stereocenters. The molecule has 0 aliphatic rings. The molecule has 0 fully saturated rings. The van der Waals surface area contributed by atoms with Crippen LogP contribution < -0.4 is 0 Å². The Morgan fingerprint density at radius 1 is 1.00 bits per heavy atom. The van der Waals surface area contributed by atoms with E-state index >= 15 is 0 Å². The number of rotatable bonds is 11. The first-order valence-electron chi connectivity index (χ1n) is 8.19. The summed E-state index contributed by atoms with van der Waals surface area (Å²) in [5, 5.41) is 8.67. The van der Waals surface area contributed by atoms with Gasteiger partial charge in [-0.1, -0.05) is 53.9 Å². The Hall–Kier alpha value is -1.06. The van der Waals surface area contributed by atoms with E-state index in [1.54, 1.807) is 0 Å². The highest BCUT2D eigenvalue weighted by Crippen LogP contribution is 2.36. The molecule has 0 rings (SSSR count). The van der Waals surface area contributed by atoms with Crippen LogP contribution in [0.3, 0.4) is 0 Å². The summed E-state index contributed by atoms with van der Waals surface area (Å²) in [7, 11) is 0. The van der Waals surface area contributed by atoms with Gasteiger partial charge < -0.3 is 9.84 Å². The van der Waals surface area contributed by atoms with Gasteiger partial charge in [0.2, 0.25) is 0 Å². The topological polar surface area (TPSA) is 63.6 Å². The van der Waals surface area contributed by atoms with Crippen LogP contribution in [0.5, 0.6) is 0 Å². The summed E-state index contributed by atoms with van der Waals surface area (Å²) >= 11 is 0. The number of carbonyl (C=O) groups excluding carboxylic acids is 1. The summed E-state index contributed by atoms with van der Waals surface area (Å²) in [6.07, 6.45) is 5.18. The Labute approximate surface area is 129 Å². The SMILES string of the molecule is CCCCCCC(OC(=O)CCC(=O)O)(C(C)C)C(C)C. The molecule has 4 nitrogen and oxygen atoms in total. The van der Waals surface area contributed by atoms with E-state index in [4.69, 9.17) is 9.84 Å². The van der Waals surface area contributed by atoms with Gasteiger partial charge in [0.15, 0.2) is 0 Å². The van der Waals surface area contributed by atoms with Gasteiger partial charge in [-0.05, 0) is 24.7 Å². The minimum atomic E-state index is -0.963. The molecule has 21 heavy (non-hydrogen) atoms. The van der Waals surface area contributed by atoms with Gasteiger partial charge in [-0.25, -0.2) is 0 Å². The first kappa shape index (κ1) is 19.9. The second-order valence-corrected chi connectivity index (χ2v) is 6.44. The van der Waals surface area contributed by atoms with E-state index in [1.807, 2.05) is 0 Å². The third-order valence-corrected chi connectivity index (χ3v) is 4.22. The summed E-state index contributed by atoms with van der Waals surface area (Å²) in [6.45, 7) is 10.5. The smallest absolute Gasteiger partial charge is 0.306 e. The highest BCUT2D eigenvalue weighted by atomic mass is 16.6. The van der Waals surface area contributed by atoms with Crippen LogP contribution in [0.2, 0.25) is 0 Å². The molecule has 0 atom stereocenters. The van der Waals surface area contributed by atoms with E-state index in [1.165, 1.54) is 12.8 Å². The van der Waals surface area contributed by atoms with Crippen LogP contribution in [0.15, 0.2) is 0 Å². The predicted molar refractivity (Wildman–Crippen MR) is 84.1 cm³/mol. The van der Waals surface area contributed by atoms with Crippen molar-refractivity contribution in [3.8, 4) is 0 Å². The zero-order chi connectivity index (χ0) is 16.5. The maximum absolute atomic E-state index is 12.0. The maximum Gasteiger partial charge on any atom is 0.306 e. The normalized spacial score (nSPS) is 12.0. The van der Waals surface area contributed by atoms with Crippen LogP contribution in [-0.2, 0) is 14.3 Å². The number of hydrogen-bond acceptors (Lipinski definition) is 3. The quantitative estimate of drug-likeness (QED) is 0.453. The largest absolute Gasteiger partial charge is 0.481 e. The molecule has 0 aromatic rings. The Morgan fingerprint density at radius 3 is 2.00 bits per heavy atom. The molecular formula is C17H32O4. The number of carboxylic acids is 1. The van der Waals surface area contributed by atoms with Crippen molar-refractivity contribution in [2.75, 3.05) is 0 Å². The number of carbonyl (C=O) groups is 2. The Bertz CT molecular complexity index is 313. The second-order valence-electron chi connectivity index (χ2n) is 6.44. The fourth-order valence-corrected chi connectivity index (χ4v) is 2.83. The van der Waals surface area contributed by atoms with Crippen molar-refractivity contribution in [2.45, 2.75) is 85.2 Å². The van der Waals surface area contributed by atoms with Gasteiger partial charge in [0.1, 0.15) is 5.60 Å². The standard InChI is InChI=1S/C17H32O4/c1-6-7-8-9-12-17(13(2)3,14(4)5)21-16(20)11-10-15(18)19/h13-14H,6-12H2,1-5H3,(H,18,19). The molecule has 4 heteroatoms. The van der Waals surface area contributed by atoms with Crippen molar-refractivity contribution >= 4 is 11.9 Å². The molecule has 0 amide bonds. The van der Waals surface area contributed by atoms with Crippen LogP contribution in [0, 0.1) is 11.8 Å². The molecule has 0 radical (unpaired) electrons. The number of unbranched alkanes of at least 4 members (excludes halogenated alkanes) is 3. The van der Waals surface area contributed by atoms with E-state index < -0.39 is 17.5 Å². The minimum Gasteiger partial charge on any atom is -0.481 e. The number of hydrogen-bond donors (Lipinski definition) is 1. The molecule has 0 heterocycles. The molecule has 0 saturated carbocycles. The third kappa shape index (κ3) is 6.96. The first-order valence-corrected chi connectivity index (χ1v) is 8.19. The lowest BCUT2D eigenvalue weighted by molar-refractivity contribution is -0.174. The van der Waals surface area contributed by atoms with Gasteiger partial charge >= 0.3 is 11.9 Å². The predicted octanol–water partition coefficient (Wildman–Crippen LogP) is 4.42. The summed E-state index contributed by atoms with van der Waals surface area (Å²) in [5.74, 6) is -0.925. The summed E-state index contributed by atoms with van der Waals surface area (Å²) in [6, 6.07) is 0. The Balaban J connectivity index is 4.77. The van der Waals surface area contributed by atoms with E-state index in [0.29, 0.717) is 0 Å². The van der Waals surface area contributed by atoms with Crippen LogP contribution >= 0.6 is 0 Å².